The van der Waals surface area contributed by atoms with Gasteiger partial charge in [-0.25, -0.2) is 42.8 Å². The van der Waals surface area contributed by atoms with E-state index in [1.54, 1.807) is 76.1 Å². The van der Waals surface area contributed by atoms with Gasteiger partial charge in [0, 0.05) is 111 Å². The van der Waals surface area contributed by atoms with Crippen molar-refractivity contribution in [1.82, 2.24) is 79.2 Å². The largest absolute Gasteiger partial charge is 0.256 e. The zero-order valence-electron chi connectivity index (χ0n) is 80.0. The van der Waals surface area contributed by atoms with Gasteiger partial charge in [0.05, 0.1) is 89.3 Å². The van der Waals surface area contributed by atoms with E-state index < -0.39 is 23.5 Å². The van der Waals surface area contributed by atoms with E-state index in [1.807, 2.05) is 247 Å². The van der Waals surface area contributed by atoms with E-state index in [0.717, 1.165) is 96.9 Å². The number of nitrogens with zero attached hydrogens (tertiary/aromatic N) is 16. The van der Waals surface area contributed by atoms with Crippen LogP contribution in [0, 0.1) is 37.4 Å². The minimum Gasteiger partial charge on any atom is -0.256 e. The second kappa shape index (κ2) is 49.6. The fourth-order valence-corrected chi connectivity index (χ4v) is 17.9. The predicted molar refractivity (Wildman–Crippen MR) is 584 cm³/mol. The lowest BCUT2D eigenvalue weighted by Gasteiger charge is -2.20. The first kappa shape index (κ1) is 99.1. The van der Waals surface area contributed by atoms with E-state index >= 15 is 0 Å². The van der Waals surface area contributed by atoms with Gasteiger partial charge in [-0.15, -0.1) is 22.7 Å². The SMILES string of the molecule is CC1(C)c2ccccc2-c2ccc(-n3cccn3)nc21.Cc1cc(C)n(-c2ccccc2)n1.Fc1ccc(-c2ccccn2)c(F)n1.Fc1cnc(-c2ccccn2)c(F)c1.c1ccc(-c2cc3ccccc3s2)nc1.c1ccc(-c2ccc3ccccc3n2)cc1.c1ccc(-c2cccc3ccccc23)nc1.c1ccc(-c2ccccn2)cc1.c1ccc(-c2nc3ccccc3s2)cc1.c1ccc(-n2cccn2)cc1. The van der Waals surface area contributed by atoms with Crippen molar-refractivity contribution < 1.29 is 17.6 Å². The van der Waals surface area contributed by atoms with E-state index in [9.17, 15) is 17.6 Å². The first-order chi connectivity index (χ1) is 71.7. The number of benzene rings is 11. The molecule has 146 heavy (non-hydrogen) atoms. The number of para-hydroxylation sites is 4. The Balaban J connectivity index is 0.000000111. The Kier molecular flexibility index (Phi) is 33.6. The molecule has 14 heterocycles. The molecule has 14 aromatic heterocycles. The monoisotopic (exact) mass is 1950 g/mol. The molecule has 1 aliphatic carbocycles. The van der Waals surface area contributed by atoms with Crippen LogP contribution in [0.1, 0.15) is 36.5 Å². The summed E-state index contributed by atoms with van der Waals surface area (Å²) in [4.78, 5) is 42.9. The van der Waals surface area contributed by atoms with Crippen molar-refractivity contribution in [2.45, 2.75) is 33.1 Å². The molecule has 712 valence electrons. The third-order valence-corrected chi connectivity index (χ3v) is 25.1. The summed E-state index contributed by atoms with van der Waals surface area (Å²) in [6.07, 6.45) is 16.9. The van der Waals surface area contributed by atoms with Crippen LogP contribution in [0.4, 0.5) is 17.6 Å². The van der Waals surface area contributed by atoms with Crippen molar-refractivity contribution in [3.05, 3.63) is 557 Å². The molecular weight excluding hydrogens is 1850 g/mol. The lowest BCUT2D eigenvalue weighted by molar-refractivity contribution is 0.515. The van der Waals surface area contributed by atoms with E-state index in [4.69, 9.17) is 4.98 Å². The number of aryl methyl sites for hydroxylation is 2. The molecule has 16 nitrogen and oxygen atoms in total. The molecule has 0 radical (unpaired) electrons. The summed E-state index contributed by atoms with van der Waals surface area (Å²) in [5.74, 6) is -2.20. The van der Waals surface area contributed by atoms with Gasteiger partial charge in [0.15, 0.2) is 11.6 Å². The maximum absolute atomic E-state index is 13.2. The maximum atomic E-state index is 13.2. The first-order valence-electron chi connectivity index (χ1n) is 47.0. The summed E-state index contributed by atoms with van der Waals surface area (Å²) in [5, 5.41) is 18.8. The average molecular weight is 1950 g/mol. The summed E-state index contributed by atoms with van der Waals surface area (Å²) >= 11 is 3.53. The van der Waals surface area contributed by atoms with Crippen molar-refractivity contribution >= 4 is 64.7 Å². The molecule has 0 atom stereocenters. The van der Waals surface area contributed by atoms with Crippen LogP contribution in [0.3, 0.4) is 0 Å². The molecule has 0 bridgehead atoms. The Morgan fingerprint density at radius 1 is 0.308 bits per heavy atom. The number of thiophene rings is 1. The van der Waals surface area contributed by atoms with Gasteiger partial charge in [0.25, 0.3) is 0 Å². The molecule has 25 aromatic rings. The minimum atomic E-state index is -0.844. The van der Waals surface area contributed by atoms with Crippen molar-refractivity contribution in [3.8, 4) is 106 Å². The third-order valence-electron chi connectivity index (χ3n) is 22.9. The van der Waals surface area contributed by atoms with E-state index in [-0.39, 0.29) is 16.7 Å². The Labute approximate surface area is 851 Å². The average Bonchev–Trinajstić information content (AvgIpc) is 1.58. The number of rotatable bonds is 10. The number of hydrogen-bond donors (Lipinski definition) is 0. The molecule has 0 N–H and O–H groups in total. The minimum absolute atomic E-state index is 0.0604. The van der Waals surface area contributed by atoms with Gasteiger partial charge < -0.3 is 0 Å². The highest BCUT2D eigenvalue weighted by Crippen LogP contribution is 2.48. The smallest absolute Gasteiger partial charge is 0.224 e. The van der Waals surface area contributed by atoms with Gasteiger partial charge in [-0.2, -0.15) is 29.1 Å². The van der Waals surface area contributed by atoms with Crippen molar-refractivity contribution in [2.75, 3.05) is 0 Å². The Morgan fingerprint density at radius 2 is 0.808 bits per heavy atom. The normalized spacial score (nSPS) is 10.9. The standard InChI is InChI=1S/C17H15N3.2C15H11N.2C13H9NS.C11H12N2.C11H9N.2C10H6F2N2.C9H8N2/c1-17(2)14-7-4-3-6-12(14)13-8-9-15(19-16(13)17)20-11-5-10-18-20;1-2-8-13-12(6-1)7-5-9-14(13)15-10-3-4-11-16-15;1-2-6-12(7-3-1)15-11-10-13-8-4-5-9-14(13)16-15;1-2-7-12-10(5-1)9-13(15-12)11-6-3-4-8-14-11;1-2-6-10(7-3-1)13-14-11-8-4-5-9-12(11)15-13;1-9-8-10(2)13(12-9)11-6-4-3-5-7-11;1-2-6-10(7-3-1)11-8-4-5-9-12-11;11-9-5-4-7(10(12)14-9)8-3-1-2-6-13-8;11-7-5-8(12)10(14-6-7)9-3-1-2-4-13-9;1-2-5-9(6-3-1)11-8-4-7-10-11/h3-11H,1-2H3;2*1-11H;2*1-9H;3-8H,1-2H3;1-9H;2*1-6H;1-8H. The van der Waals surface area contributed by atoms with Gasteiger partial charge >= 0.3 is 0 Å². The molecule has 22 heteroatoms. The number of aromatic nitrogens is 16. The number of thiazole rings is 1. The van der Waals surface area contributed by atoms with Gasteiger partial charge in [0.2, 0.25) is 11.9 Å². The van der Waals surface area contributed by atoms with Crippen LogP contribution in [0.25, 0.3) is 148 Å². The van der Waals surface area contributed by atoms with Crippen molar-refractivity contribution in [2.24, 2.45) is 0 Å². The number of pyridine rings is 9. The summed E-state index contributed by atoms with van der Waals surface area (Å²) in [6.45, 7) is 8.54. The maximum Gasteiger partial charge on any atom is 0.224 e. The summed E-state index contributed by atoms with van der Waals surface area (Å²) in [5.41, 5.74) is 21.5. The third kappa shape index (κ3) is 26.2. The van der Waals surface area contributed by atoms with Crippen molar-refractivity contribution in [3.63, 3.8) is 0 Å². The molecule has 26 rings (SSSR count). The lowest BCUT2D eigenvalue weighted by Crippen LogP contribution is -2.17. The number of fused-ring (bicyclic) bond motifs is 7. The van der Waals surface area contributed by atoms with Crippen LogP contribution in [0.5, 0.6) is 0 Å². The fourth-order valence-electron chi connectivity index (χ4n) is 15.9. The molecule has 0 saturated heterocycles. The van der Waals surface area contributed by atoms with Crippen LogP contribution in [0.15, 0.2) is 511 Å². The summed E-state index contributed by atoms with van der Waals surface area (Å²) < 4.78 is 59.5. The summed E-state index contributed by atoms with van der Waals surface area (Å²) in [7, 11) is 0. The van der Waals surface area contributed by atoms with Gasteiger partial charge in [-0.1, -0.05) is 293 Å². The topological polar surface area (TPSA) is 182 Å². The molecule has 0 saturated carbocycles. The van der Waals surface area contributed by atoms with Crippen LogP contribution in [0.2, 0.25) is 0 Å². The quantitative estimate of drug-likeness (QED) is 0.0932. The molecular formula is C124H96F4N16S2. The highest BCUT2D eigenvalue weighted by Gasteiger charge is 2.37. The van der Waals surface area contributed by atoms with E-state index in [2.05, 4.69) is 275 Å². The van der Waals surface area contributed by atoms with Gasteiger partial charge in [-0.05, 0) is 205 Å². The number of hydrogen-bond acceptors (Lipinski definition) is 15. The highest BCUT2D eigenvalue weighted by atomic mass is 32.1. The fraction of sp³-hybridized carbons (Fsp3) is 0.0403. The summed E-state index contributed by atoms with van der Waals surface area (Å²) in [6, 6.07) is 147. The van der Waals surface area contributed by atoms with Crippen LogP contribution >= 0.6 is 22.7 Å². The lowest BCUT2D eigenvalue weighted by atomic mass is 9.85. The Bertz CT molecular complexity index is 8070. The molecule has 0 spiro atoms. The molecule has 1 aliphatic rings. The van der Waals surface area contributed by atoms with E-state index in [1.165, 1.54) is 87.8 Å². The van der Waals surface area contributed by atoms with Gasteiger partial charge in [-0.3, -0.25) is 24.9 Å². The Morgan fingerprint density at radius 3 is 1.40 bits per heavy atom. The zero-order chi connectivity index (χ0) is 100. The molecule has 0 aliphatic heterocycles. The van der Waals surface area contributed by atoms with Crippen LogP contribution in [-0.2, 0) is 5.41 Å². The van der Waals surface area contributed by atoms with Crippen LogP contribution < -0.4 is 0 Å². The van der Waals surface area contributed by atoms with E-state index in [0.29, 0.717) is 11.4 Å². The second-order valence-corrected chi connectivity index (χ2v) is 35.4. The number of halogens is 4. The van der Waals surface area contributed by atoms with Gasteiger partial charge in [0.1, 0.15) is 16.5 Å². The first-order valence-corrected chi connectivity index (χ1v) is 48.6. The molecule has 0 amide bonds. The second-order valence-electron chi connectivity index (χ2n) is 33.3. The Hall–Kier alpha value is -18.5. The molecule has 0 unspecified atom stereocenters. The molecule has 11 aromatic carbocycles. The van der Waals surface area contributed by atoms with Crippen LogP contribution in [-0.4, -0.2) is 79.2 Å². The zero-order valence-corrected chi connectivity index (χ0v) is 81.6. The highest BCUT2D eigenvalue weighted by molar-refractivity contribution is 7.22. The predicted octanol–water partition coefficient (Wildman–Crippen LogP) is 31.3. The van der Waals surface area contributed by atoms with Crippen molar-refractivity contribution in [1.29, 1.82) is 0 Å². The molecule has 0 fully saturated rings.